The van der Waals surface area contributed by atoms with Gasteiger partial charge in [0, 0.05) is 6.54 Å². The zero-order chi connectivity index (χ0) is 9.84. The predicted molar refractivity (Wildman–Crippen MR) is 58.8 cm³/mol. The molecule has 0 spiro atoms. The first-order valence-electron chi connectivity index (χ1n) is 5.82. The van der Waals surface area contributed by atoms with Crippen LogP contribution < -0.4 is 0 Å². The zero-order valence-corrected chi connectivity index (χ0v) is 9.71. The summed E-state index contributed by atoms with van der Waals surface area (Å²) in [4.78, 5) is 2.64. The maximum absolute atomic E-state index is 2.64. The molecule has 13 heavy (non-hydrogen) atoms. The largest absolute Gasteiger partial charge is 0.303 e. The van der Waals surface area contributed by atoms with Crippen LogP contribution in [0.4, 0.5) is 0 Å². The smallest absolute Gasteiger partial charge is 0.000957 e. The van der Waals surface area contributed by atoms with Crippen LogP contribution in [0.3, 0.4) is 0 Å². The third kappa shape index (κ3) is 3.68. The van der Waals surface area contributed by atoms with Crippen LogP contribution in [0.2, 0.25) is 0 Å². The van der Waals surface area contributed by atoms with E-state index in [2.05, 4.69) is 32.6 Å². The van der Waals surface area contributed by atoms with Gasteiger partial charge in [0.05, 0.1) is 0 Å². The average Bonchev–Trinajstić information content (AvgIpc) is 2.07. The number of piperidine rings is 1. The lowest BCUT2D eigenvalue weighted by atomic mass is 9.88. The third-order valence-electron chi connectivity index (χ3n) is 3.44. The SMILES string of the molecule is CC(C)CCN1CCC(C)C(C)C1. The molecule has 0 aromatic heterocycles. The van der Waals surface area contributed by atoms with Gasteiger partial charge in [0.15, 0.2) is 0 Å². The second-order valence-electron chi connectivity index (χ2n) is 5.23. The first kappa shape index (κ1) is 11.0. The summed E-state index contributed by atoms with van der Waals surface area (Å²) in [6.07, 6.45) is 2.76. The molecule has 1 saturated heterocycles. The van der Waals surface area contributed by atoms with Crippen LogP contribution in [0.15, 0.2) is 0 Å². The molecule has 0 N–H and O–H groups in total. The molecule has 1 fully saturated rings. The Balaban J connectivity index is 2.21. The fourth-order valence-corrected chi connectivity index (χ4v) is 1.99. The molecule has 0 radical (unpaired) electrons. The Morgan fingerprint density at radius 1 is 1.23 bits per heavy atom. The topological polar surface area (TPSA) is 3.24 Å². The van der Waals surface area contributed by atoms with Crippen molar-refractivity contribution in [3.63, 3.8) is 0 Å². The minimum atomic E-state index is 0.856. The molecule has 2 unspecified atom stereocenters. The van der Waals surface area contributed by atoms with Crippen molar-refractivity contribution in [2.24, 2.45) is 17.8 Å². The highest BCUT2D eigenvalue weighted by molar-refractivity contribution is 4.75. The highest BCUT2D eigenvalue weighted by atomic mass is 15.1. The van der Waals surface area contributed by atoms with Crippen LogP contribution in [0, 0.1) is 17.8 Å². The van der Waals surface area contributed by atoms with Crippen LogP contribution in [-0.4, -0.2) is 24.5 Å². The van der Waals surface area contributed by atoms with Gasteiger partial charge in [-0.2, -0.15) is 0 Å². The fraction of sp³-hybridized carbons (Fsp3) is 1.00. The van der Waals surface area contributed by atoms with Crippen molar-refractivity contribution in [3.05, 3.63) is 0 Å². The molecule has 1 nitrogen and oxygen atoms in total. The first-order chi connectivity index (χ1) is 6.09. The Kier molecular flexibility index (Phi) is 4.24. The summed E-state index contributed by atoms with van der Waals surface area (Å²) in [7, 11) is 0. The van der Waals surface area contributed by atoms with Crippen LogP contribution in [0.25, 0.3) is 0 Å². The van der Waals surface area contributed by atoms with Crippen LogP contribution in [0.5, 0.6) is 0 Å². The lowest BCUT2D eigenvalue weighted by molar-refractivity contribution is 0.133. The number of hydrogen-bond acceptors (Lipinski definition) is 1. The van der Waals surface area contributed by atoms with E-state index in [9.17, 15) is 0 Å². The van der Waals surface area contributed by atoms with Crippen molar-refractivity contribution in [1.82, 2.24) is 4.90 Å². The van der Waals surface area contributed by atoms with Gasteiger partial charge in [-0.15, -0.1) is 0 Å². The lowest BCUT2D eigenvalue weighted by Crippen LogP contribution is -2.39. The predicted octanol–water partition coefficient (Wildman–Crippen LogP) is 3.01. The van der Waals surface area contributed by atoms with Gasteiger partial charge in [-0.25, -0.2) is 0 Å². The van der Waals surface area contributed by atoms with Gasteiger partial charge >= 0.3 is 0 Å². The minimum absolute atomic E-state index is 0.856. The Bertz CT molecular complexity index is 142. The van der Waals surface area contributed by atoms with Crippen LogP contribution in [-0.2, 0) is 0 Å². The van der Waals surface area contributed by atoms with E-state index in [4.69, 9.17) is 0 Å². The van der Waals surface area contributed by atoms with E-state index in [0.717, 1.165) is 17.8 Å². The molecule has 78 valence electrons. The van der Waals surface area contributed by atoms with E-state index < -0.39 is 0 Å². The van der Waals surface area contributed by atoms with Crippen molar-refractivity contribution >= 4 is 0 Å². The molecule has 1 rings (SSSR count). The molecular formula is C12H25N. The number of rotatable bonds is 3. The zero-order valence-electron chi connectivity index (χ0n) is 9.71. The van der Waals surface area contributed by atoms with Gasteiger partial charge in [-0.3, -0.25) is 0 Å². The average molecular weight is 183 g/mol. The van der Waals surface area contributed by atoms with Crippen molar-refractivity contribution in [1.29, 1.82) is 0 Å². The summed E-state index contributed by atoms with van der Waals surface area (Å²) in [5.41, 5.74) is 0. The van der Waals surface area contributed by atoms with Gasteiger partial charge in [0.25, 0.3) is 0 Å². The normalized spacial score (nSPS) is 31.2. The van der Waals surface area contributed by atoms with Gasteiger partial charge in [-0.1, -0.05) is 27.7 Å². The molecule has 0 aliphatic carbocycles. The van der Waals surface area contributed by atoms with Gasteiger partial charge in [-0.05, 0) is 43.7 Å². The van der Waals surface area contributed by atoms with Crippen molar-refractivity contribution in [2.45, 2.75) is 40.5 Å². The van der Waals surface area contributed by atoms with Crippen LogP contribution in [0.1, 0.15) is 40.5 Å². The second kappa shape index (κ2) is 4.99. The van der Waals surface area contributed by atoms with E-state index in [1.54, 1.807) is 0 Å². The molecule has 0 aromatic rings. The van der Waals surface area contributed by atoms with Gasteiger partial charge in [0.2, 0.25) is 0 Å². The van der Waals surface area contributed by atoms with Crippen LogP contribution >= 0.6 is 0 Å². The lowest BCUT2D eigenvalue weighted by Gasteiger charge is -2.35. The summed E-state index contributed by atoms with van der Waals surface area (Å²) in [6.45, 7) is 13.4. The highest BCUT2D eigenvalue weighted by Gasteiger charge is 2.21. The maximum atomic E-state index is 2.64. The van der Waals surface area contributed by atoms with Gasteiger partial charge in [0.1, 0.15) is 0 Å². The van der Waals surface area contributed by atoms with E-state index >= 15 is 0 Å². The molecule has 1 heterocycles. The quantitative estimate of drug-likeness (QED) is 0.650. The monoisotopic (exact) mass is 183 g/mol. The molecule has 0 amide bonds. The molecule has 0 aromatic carbocycles. The van der Waals surface area contributed by atoms with Gasteiger partial charge < -0.3 is 4.90 Å². The molecule has 0 bridgehead atoms. The summed E-state index contributed by atoms with van der Waals surface area (Å²) in [6, 6.07) is 0. The molecule has 2 atom stereocenters. The van der Waals surface area contributed by atoms with Crippen molar-refractivity contribution in [2.75, 3.05) is 19.6 Å². The van der Waals surface area contributed by atoms with E-state index in [0.29, 0.717) is 0 Å². The molecule has 0 saturated carbocycles. The first-order valence-corrected chi connectivity index (χ1v) is 5.82. The van der Waals surface area contributed by atoms with E-state index in [1.165, 1.54) is 32.5 Å². The Labute approximate surface area is 83.5 Å². The highest BCUT2D eigenvalue weighted by Crippen LogP contribution is 2.22. The molecule has 1 aliphatic heterocycles. The van der Waals surface area contributed by atoms with E-state index in [1.807, 2.05) is 0 Å². The molecular weight excluding hydrogens is 158 g/mol. The summed E-state index contributed by atoms with van der Waals surface area (Å²) >= 11 is 0. The second-order valence-corrected chi connectivity index (χ2v) is 5.23. The number of likely N-dealkylation sites (tertiary alicyclic amines) is 1. The molecule has 1 heteroatoms. The Morgan fingerprint density at radius 3 is 2.46 bits per heavy atom. The van der Waals surface area contributed by atoms with Crippen molar-refractivity contribution < 1.29 is 0 Å². The number of nitrogens with zero attached hydrogens (tertiary/aromatic N) is 1. The summed E-state index contributed by atoms with van der Waals surface area (Å²) < 4.78 is 0. The van der Waals surface area contributed by atoms with Crippen molar-refractivity contribution in [3.8, 4) is 0 Å². The fourth-order valence-electron chi connectivity index (χ4n) is 1.99. The number of hydrogen-bond donors (Lipinski definition) is 0. The molecule has 1 aliphatic rings. The Morgan fingerprint density at radius 2 is 1.92 bits per heavy atom. The summed E-state index contributed by atoms with van der Waals surface area (Å²) in [5, 5.41) is 0. The third-order valence-corrected chi connectivity index (χ3v) is 3.44. The Hall–Kier alpha value is -0.0400. The van der Waals surface area contributed by atoms with E-state index in [-0.39, 0.29) is 0 Å². The standard InChI is InChI=1S/C12H25N/c1-10(2)5-7-13-8-6-11(3)12(4)9-13/h10-12H,5-9H2,1-4H3. The summed E-state index contributed by atoms with van der Waals surface area (Å²) in [5.74, 6) is 2.70. The minimum Gasteiger partial charge on any atom is -0.303 e. The maximum Gasteiger partial charge on any atom is 0.000957 e.